The predicted molar refractivity (Wildman–Crippen MR) is 92.2 cm³/mol. The second kappa shape index (κ2) is 7.06. The Morgan fingerprint density at radius 1 is 1.30 bits per heavy atom. The molecule has 0 radical (unpaired) electrons. The Bertz CT molecular complexity index is 440. The summed E-state index contributed by atoms with van der Waals surface area (Å²) in [4.78, 5) is 2.50. The zero-order chi connectivity index (χ0) is 14.7. The number of benzene rings is 1. The van der Waals surface area contributed by atoms with E-state index in [4.69, 9.17) is 11.6 Å². The molecule has 112 valence electrons. The van der Waals surface area contributed by atoms with Crippen LogP contribution in [0.1, 0.15) is 33.3 Å². The van der Waals surface area contributed by atoms with E-state index in [0.717, 1.165) is 24.7 Å². The Morgan fingerprint density at radius 2 is 1.95 bits per heavy atom. The van der Waals surface area contributed by atoms with Crippen molar-refractivity contribution in [2.75, 3.05) is 18.0 Å². The summed E-state index contributed by atoms with van der Waals surface area (Å²) in [5.74, 6) is 0. The fourth-order valence-electron chi connectivity index (χ4n) is 2.67. The third-order valence-corrected chi connectivity index (χ3v) is 4.97. The van der Waals surface area contributed by atoms with E-state index in [1.807, 2.05) is 6.07 Å². The van der Waals surface area contributed by atoms with Gasteiger partial charge in [-0.2, -0.15) is 11.8 Å². The van der Waals surface area contributed by atoms with Crippen LogP contribution < -0.4 is 10.2 Å². The lowest BCUT2D eigenvalue weighted by Crippen LogP contribution is -2.41. The molecule has 1 fully saturated rings. The smallest absolute Gasteiger partial charge is 0.0427 e. The molecule has 0 aliphatic carbocycles. The molecular formula is C16H25ClN2S. The van der Waals surface area contributed by atoms with Crippen LogP contribution in [0.25, 0.3) is 0 Å². The molecular weight excluding hydrogens is 288 g/mol. The van der Waals surface area contributed by atoms with Crippen molar-refractivity contribution in [3.05, 3.63) is 28.8 Å². The lowest BCUT2D eigenvalue weighted by atomic mass is 10.1. The fourth-order valence-corrected chi connectivity index (χ4v) is 4.16. The zero-order valence-corrected chi connectivity index (χ0v) is 14.4. The van der Waals surface area contributed by atoms with Crippen molar-refractivity contribution in [2.45, 2.75) is 50.8 Å². The molecule has 1 aromatic rings. The van der Waals surface area contributed by atoms with E-state index in [9.17, 15) is 0 Å². The number of nitrogens with one attached hydrogen (secondary N) is 1. The number of halogens is 1. The summed E-state index contributed by atoms with van der Waals surface area (Å²) in [6.45, 7) is 12.1. The SMILES string of the molecule is CC(C)NCc1ccc(Cl)cc1N1CC(C)SC(C)C1. The molecule has 1 aromatic carbocycles. The van der Waals surface area contributed by atoms with Gasteiger partial charge in [0, 0.05) is 46.9 Å². The number of thioether (sulfide) groups is 1. The van der Waals surface area contributed by atoms with Crippen LogP contribution in [0.2, 0.25) is 5.02 Å². The van der Waals surface area contributed by atoms with E-state index >= 15 is 0 Å². The van der Waals surface area contributed by atoms with Crippen LogP contribution in [0.15, 0.2) is 18.2 Å². The average molecular weight is 313 g/mol. The highest BCUT2D eigenvalue weighted by Crippen LogP contribution is 2.32. The van der Waals surface area contributed by atoms with Gasteiger partial charge in [0.05, 0.1) is 0 Å². The maximum Gasteiger partial charge on any atom is 0.0427 e. The molecule has 2 atom stereocenters. The highest BCUT2D eigenvalue weighted by molar-refractivity contribution is 8.00. The Labute approximate surface area is 132 Å². The van der Waals surface area contributed by atoms with E-state index < -0.39 is 0 Å². The molecule has 1 heterocycles. The molecule has 4 heteroatoms. The molecule has 0 bridgehead atoms. The fraction of sp³-hybridized carbons (Fsp3) is 0.625. The standard InChI is InChI=1S/C16H25ClN2S/c1-11(2)18-8-14-5-6-15(17)7-16(14)19-9-12(3)20-13(4)10-19/h5-7,11-13,18H,8-10H2,1-4H3. The van der Waals surface area contributed by atoms with Crippen molar-refractivity contribution < 1.29 is 0 Å². The minimum Gasteiger partial charge on any atom is -0.369 e. The minimum atomic E-state index is 0.494. The second-order valence-corrected chi connectivity index (χ2v) is 8.29. The molecule has 0 saturated carbocycles. The molecule has 1 saturated heterocycles. The molecule has 0 spiro atoms. The van der Waals surface area contributed by atoms with E-state index in [1.165, 1.54) is 11.3 Å². The minimum absolute atomic E-state index is 0.494. The lowest BCUT2D eigenvalue weighted by Gasteiger charge is -2.37. The zero-order valence-electron chi connectivity index (χ0n) is 12.8. The first kappa shape index (κ1) is 16.0. The molecule has 2 rings (SSSR count). The van der Waals surface area contributed by atoms with Gasteiger partial charge in [-0.25, -0.2) is 0 Å². The third kappa shape index (κ3) is 4.31. The van der Waals surface area contributed by atoms with Crippen LogP contribution in [0.3, 0.4) is 0 Å². The van der Waals surface area contributed by atoms with Crippen LogP contribution >= 0.6 is 23.4 Å². The highest BCUT2D eigenvalue weighted by Gasteiger charge is 2.24. The maximum atomic E-state index is 6.22. The van der Waals surface area contributed by atoms with Crippen molar-refractivity contribution in [3.8, 4) is 0 Å². The maximum absolute atomic E-state index is 6.22. The summed E-state index contributed by atoms with van der Waals surface area (Å²) in [5, 5.41) is 5.67. The monoisotopic (exact) mass is 312 g/mol. The summed E-state index contributed by atoms with van der Waals surface area (Å²) in [5.41, 5.74) is 2.64. The van der Waals surface area contributed by atoms with Gasteiger partial charge in [-0.1, -0.05) is 45.4 Å². The van der Waals surface area contributed by atoms with Crippen LogP contribution in [-0.4, -0.2) is 29.6 Å². The Balaban J connectivity index is 2.21. The van der Waals surface area contributed by atoms with Crippen molar-refractivity contribution in [2.24, 2.45) is 0 Å². The van der Waals surface area contributed by atoms with Crippen molar-refractivity contribution >= 4 is 29.1 Å². The lowest BCUT2D eigenvalue weighted by molar-refractivity contribution is 0.587. The summed E-state index contributed by atoms with van der Waals surface area (Å²) in [6.07, 6.45) is 0. The molecule has 0 aromatic heterocycles. The first-order valence-electron chi connectivity index (χ1n) is 7.38. The predicted octanol–water partition coefficient (Wildman–Crippen LogP) is 4.17. The normalized spacial score (nSPS) is 23.4. The largest absolute Gasteiger partial charge is 0.369 e. The molecule has 2 nitrogen and oxygen atoms in total. The second-order valence-electron chi connectivity index (χ2n) is 5.97. The van der Waals surface area contributed by atoms with Gasteiger partial charge in [-0.15, -0.1) is 0 Å². The summed E-state index contributed by atoms with van der Waals surface area (Å²) in [7, 11) is 0. The van der Waals surface area contributed by atoms with Crippen LogP contribution in [-0.2, 0) is 6.54 Å². The van der Waals surface area contributed by atoms with Crippen LogP contribution in [0.4, 0.5) is 5.69 Å². The Kier molecular flexibility index (Phi) is 5.65. The number of nitrogens with zero attached hydrogens (tertiary/aromatic N) is 1. The van der Waals surface area contributed by atoms with E-state index in [-0.39, 0.29) is 0 Å². The first-order chi connectivity index (χ1) is 9.45. The van der Waals surface area contributed by atoms with Gasteiger partial charge in [-0.3, -0.25) is 0 Å². The number of hydrogen-bond acceptors (Lipinski definition) is 3. The van der Waals surface area contributed by atoms with Gasteiger partial charge in [0.1, 0.15) is 0 Å². The van der Waals surface area contributed by atoms with E-state index in [0.29, 0.717) is 16.5 Å². The summed E-state index contributed by atoms with van der Waals surface area (Å²) < 4.78 is 0. The Hall–Kier alpha value is -0.380. The molecule has 0 amide bonds. The van der Waals surface area contributed by atoms with Gasteiger partial charge in [-0.05, 0) is 17.7 Å². The van der Waals surface area contributed by atoms with E-state index in [1.54, 1.807) is 0 Å². The first-order valence-corrected chi connectivity index (χ1v) is 8.70. The quantitative estimate of drug-likeness (QED) is 0.898. The van der Waals surface area contributed by atoms with E-state index in [2.05, 4.69) is 61.8 Å². The number of hydrogen-bond donors (Lipinski definition) is 1. The van der Waals surface area contributed by atoms with Crippen molar-refractivity contribution in [1.29, 1.82) is 0 Å². The molecule has 1 aliphatic heterocycles. The summed E-state index contributed by atoms with van der Waals surface area (Å²) in [6, 6.07) is 6.76. The highest BCUT2D eigenvalue weighted by atomic mass is 35.5. The topological polar surface area (TPSA) is 15.3 Å². The summed E-state index contributed by atoms with van der Waals surface area (Å²) >= 11 is 8.30. The molecule has 1 aliphatic rings. The van der Waals surface area contributed by atoms with Crippen molar-refractivity contribution in [3.63, 3.8) is 0 Å². The van der Waals surface area contributed by atoms with Gasteiger partial charge in [0.2, 0.25) is 0 Å². The van der Waals surface area contributed by atoms with Crippen molar-refractivity contribution in [1.82, 2.24) is 5.32 Å². The Morgan fingerprint density at radius 3 is 2.55 bits per heavy atom. The van der Waals surface area contributed by atoms with Crippen LogP contribution in [0.5, 0.6) is 0 Å². The van der Waals surface area contributed by atoms with Gasteiger partial charge in [0.25, 0.3) is 0 Å². The molecule has 2 unspecified atom stereocenters. The van der Waals surface area contributed by atoms with Gasteiger partial charge < -0.3 is 10.2 Å². The van der Waals surface area contributed by atoms with Crippen LogP contribution in [0, 0.1) is 0 Å². The molecule has 20 heavy (non-hydrogen) atoms. The van der Waals surface area contributed by atoms with Gasteiger partial charge >= 0.3 is 0 Å². The number of rotatable bonds is 4. The third-order valence-electron chi connectivity index (χ3n) is 3.51. The average Bonchev–Trinajstić information content (AvgIpc) is 2.36. The van der Waals surface area contributed by atoms with Gasteiger partial charge in [0.15, 0.2) is 0 Å². The molecule has 1 N–H and O–H groups in total. The number of anilines is 1.